The first-order valence-corrected chi connectivity index (χ1v) is 19.8. The van der Waals surface area contributed by atoms with Crippen molar-refractivity contribution in [3.05, 3.63) is 206 Å². The normalized spacial score (nSPS) is 13.8. The Morgan fingerprint density at radius 1 is 0.542 bits per heavy atom. The number of allylic oxidation sites excluding steroid dienone is 2. The van der Waals surface area contributed by atoms with Gasteiger partial charge in [0.05, 0.1) is 23.1 Å². The van der Waals surface area contributed by atoms with Crippen molar-refractivity contribution < 1.29 is 9.15 Å². The zero-order valence-corrected chi connectivity index (χ0v) is 32.3. The summed E-state index contributed by atoms with van der Waals surface area (Å²) in [6, 6.07) is 61.8. The molecule has 280 valence electrons. The van der Waals surface area contributed by atoms with Gasteiger partial charge in [0.25, 0.3) is 0 Å². The van der Waals surface area contributed by atoms with Crippen molar-refractivity contribution in [3.8, 4) is 39.4 Å². The number of hydrogen-bond donors (Lipinski definition) is 0. The molecule has 0 amide bonds. The Balaban J connectivity index is 1.08. The summed E-state index contributed by atoms with van der Waals surface area (Å²) in [5.41, 5.74) is 14.5. The molecule has 0 fully saturated rings. The van der Waals surface area contributed by atoms with Crippen LogP contribution in [-0.4, -0.2) is 10.9 Å². The summed E-state index contributed by atoms with van der Waals surface area (Å²) >= 11 is 0. The Kier molecular flexibility index (Phi) is 8.12. The maximum absolute atomic E-state index is 6.46. The Bertz CT molecular complexity index is 3300. The highest BCUT2D eigenvalue weighted by Crippen LogP contribution is 2.41. The molecule has 0 saturated heterocycles. The fraction of sp³-hybridized carbons (Fsp3) is 0.0185. The number of para-hydroxylation sites is 4. The van der Waals surface area contributed by atoms with E-state index < -0.39 is 0 Å². The minimum atomic E-state index is 0.816. The molecule has 1 aliphatic rings. The molecule has 5 heteroatoms. The van der Waals surface area contributed by atoms with Gasteiger partial charge in [-0.1, -0.05) is 91.5 Å². The van der Waals surface area contributed by atoms with Crippen LogP contribution < -0.4 is 9.64 Å². The van der Waals surface area contributed by atoms with E-state index in [0.717, 1.165) is 100 Å². The number of rotatable bonds is 6. The number of nitrogens with zero attached hydrogens (tertiary/aromatic N) is 3. The van der Waals surface area contributed by atoms with Gasteiger partial charge < -0.3 is 18.6 Å². The van der Waals surface area contributed by atoms with E-state index in [0.29, 0.717) is 0 Å². The number of anilines is 2. The third-order valence-corrected chi connectivity index (χ3v) is 11.4. The summed E-state index contributed by atoms with van der Waals surface area (Å²) in [7, 11) is 0. The van der Waals surface area contributed by atoms with E-state index in [1.807, 2.05) is 54.9 Å². The smallest absolute Gasteiger partial charge is 0.135 e. The fourth-order valence-corrected chi connectivity index (χ4v) is 8.48. The van der Waals surface area contributed by atoms with Crippen LogP contribution in [-0.2, 0) is 0 Å². The summed E-state index contributed by atoms with van der Waals surface area (Å²) in [6.07, 6.45) is 5.60. The van der Waals surface area contributed by atoms with Crippen molar-refractivity contribution in [2.45, 2.75) is 6.92 Å². The molecule has 1 aliphatic heterocycles. The van der Waals surface area contributed by atoms with Crippen LogP contribution in [0.25, 0.3) is 77.3 Å². The van der Waals surface area contributed by atoms with Gasteiger partial charge in [-0.3, -0.25) is 0 Å². The van der Waals surface area contributed by atoms with Crippen LogP contribution in [0.4, 0.5) is 11.4 Å². The highest BCUT2D eigenvalue weighted by Gasteiger charge is 2.19. The summed E-state index contributed by atoms with van der Waals surface area (Å²) in [5.74, 6) is 1.65. The molecule has 0 radical (unpaired) electrons. The molecule has 0 N–H and O–H groups in total. The largest absolute Gasteiger partial charge is 0.457 e. The molecule has 10 aromatic rings. The third kappa shape index (κ3) is 5.99. The van der Waals surface area contributed by atoms with E-state index in [4.69, 9.17) is 9.15 Å². The lowest BCUT2D eigenvalue weighted by atomic mass is 9.96. The monoisotopic (exact) mass is 759 g/mol. The van der Waals surface area contributed by atoms with E-state index in [-0.39, 0.29) is 0 Å². The van der Waals surface area contributed by atoms with Gasteiger partial charge in [0.15, 0.2) is 0 Å². The molecule has 2 aromatic heterocycles. The Morgan fingerprint density at radius 3 is 1.95 bits per heavy atom. The average molecular weight is 760 g/mol. The van der Waals surface area contributed by atoms with Crippen LogP contribution in [0.15, 0.2) is 204 Å². The molecule has 0 atom stereocenters. The molecule has 0 bridgehead atoms. The van der Waals surface area contributed by atoms with E-state index in [1.54, 1.807) is 6.20 Å². The van der Waals surface area contributed by atoms with Crippen molar-refractivity contribution in [1.29, 1.82) is 0 Å². The van der Waals surface area contributed by atoms with Crippen LogP contribution in [0.3, 0.4) is 0 Å². The van der Waals surface area contributed by atoms with Crippen molar-refractivity contribution in [2.75, 3.05) is 4.90 Å². The molecule has 8 aromatic carbocycles. The highest BCUT2D eigenvalue weighted by molar-refractivity contribution is 6.10. The number of ether oxygens (including phenoxy) is 1. The van der Waals surface area contributed by atoms with Crippen LogP contribution >= 0.6 is 0 Å². The van der Waals surface area contributed by atoms with Crippen molar-refractivity contribution >= 4 is 67.0 Å². The fourth-order valence-electron chi connectivity index (χ4n) is 8.48. The minimum Gasteiger partial charge on any atom is -0.457 e. The highest BCUT2D eigenvalue weighted by atomic mass is 16.5. The Labute approximate surface area is 341 Å². The minimum absolute atomic E-state index is 0.816. The number of aliphatic imine (C=N–C) groups is 1. The van der Waals surface area contributed by atoms with E-state index in [2.05, 4.69) is 161 Å². The van der Waals surface area contributed by atoms with Gasteiger partial charge in [-0.2, -0.15) is 0 Å². The van der Waals surface area contributed by atoms with E-state index in [9.17, 15) is 0 Å². The van der Waals surface area contributed by atoms with Crippen molar-refractivity contribution in [2.24, 2.45) is 4.99 Å². The topological polar surface area (TPSA) is 42.9 Å². The summed E-state index contributed by atoms with van der Waals surface area (Å²) in [4.78, 5) is 6.69. The molecular formula is C54H37N3O2. The lowest BCUT2D eigenvalue weighted by Crippen LogP contribution is -2.16. The second kappa shape index (κ2) is 13.9. The van der Waals surface area contributed by atoms with Gasteiger partial charge in [0.2, 0.25) is 0 Å². The van der Waals surface area contributed by atoms with Crippen LogP contribution in [0.5, 0.6) is 11.5 Å². The zero-order valence-electron chi connectivity index (χ0n) is 32.3. The number of furan rings is 1. The van der Waals surface area contributed by atoms with Crippen LogP contribution in [0.2, 0.25) is 0 Å². The number of aryl methyl sites for hydroxylation is 1. The maximum Gasteiger partial charge on any atom is 0.135 e. The lowest BCUT2D eigenvalue weighted by Gasteiger charge is -2.24. The van der Waals surface area contributed by atoms with Gasteiger partial charge in [-0.15, -0.1) is 0 Å². The van der Waals surface area contributed by atoms with Gasteiger partial charge in [-0.05, 0) is 137 Å². The molecule has 3 heterocycles. The van der Waals surface area contributed by atoms with Crippen molar-refractivity contribution in [3.63, 3.8) is 0 Å². The van der Waals surface area contributed by atoms with Crippen LogP contribution in [0, 0.1) is 6.92 Å². The molecule has 0 unspecified atom stereocenters. The molecule has 0 saturated carbocycles. The lowest BCUT2D eigenvalue weighted by molar-refractivity contribution is 0.479. The third-order valence-electron chi connectivity index (χ3n) is 11.4. The number of hydrogen-bond acceptors (Lipinski definition) is 4. The van der Waals surface area contributed by atoms with Crippen LogP contribution in [0.1, 0.15) is 11.1 Å². The Morgan fingerprint density at radius 2 is 1.19 bits per heavy atom. The SMILES string of the molecule is C=C1/C=C\N=C/N(c2ccc3oc4ccc(-c5cc(-c6ccc(Oc7ccccc7)c(C)c6)cc(-n6c7ccccc7c7ccccc76)c5)cc4c3c2)c2ccccc21. The second-order valence-electron chi connectivity index (χ2n) is 15.0. The number of benzene rings is 8. The Hall–Kier alpha value is -7.89. The molecule has 0 spiro atoms. The quantitative estimate of drug-likeness (QED) is 0.170. The molecule has 59 heavy (non-hydrogen) atoms. The standard InChI is InChI=1S/C54H37N3O2/c1-35-26-27-55-34-56(49-17-9-6-14-44(35)49)41-22-25-54-48(33-41)47-32-38(21-24-53(47)59-54)40-29-39(37-20-23-52(36(2)28-37)58-43-12-4-3-5-13-43)30-42(31-40)57-50-18-10-7-15-45(50)46-16-8-11-19-51(46)57/h3-34H,1H2,2H3/b27-26-,55-34-. The second-order valence-corrected chi connectivity index (χ2v) is 15.0. The zero-order chi connectivity index (χ0) is 39.5. The summed E-state index contributed by atoms with van der Waals surface area (Å²) < 4.78 is 15.1. The molecule has 11 rings (SSSR count). The predicted octanol–water partition coefficient (Wildman–Crippen LogP) is 14.8. The number of fused-ring (bicyclic) bond motifs is 7. The molecule has 5 nitrogen and oxygen atoms in total. The molecular weight excluding hydrogens is 723 g/mol. The first-order chi connectivity index (χ1) is 29.1. The average Bonchev–Trinajstić information content (AvgIpc) is 3.82. The van der Waals surface area contributed by atoms with Gasteiger partial charge in [0.1, 0.15) is 22.7 Å². The maximum atomic E-state index is 6.46. The first kappa shape index (κ1) is 34.4. The van der Waals surface area contributed by atoms with Crippen molar-refractivity contribution in [1.82, 2.24) is 4.57 Å². The number of aromatic nitrogens is 1. The first-order valence-electron chi connectivity index (χ1n) is 19.8. The predicted molar refractivity (Wildman–Crippen MR) is 245 cm³/mol. The molecule has 0 aliphatic carbocycles. The van der Waals surface area contributed by atoms with Gasteiger partial charge in [-0.25, -0.2) is 4.99 Å². The van der Waals surface area contributed by atoms with Gasteiger partial charge >= 0.3 is 0 Å². The summed E-state index contributed by atoms with van der Waals surface area (Å²) in [6.45, 7) is 6.41. The van der Waals surface area contributed by atoms with Gasteiger partial charge in [0, 0.05) is 44.7 Å². The van der Waals surface area contributed by atoms with E-state index in [1.165, 1.54) is 10.8 Å². The van der Waals surface area contributed by atoms with E-state index >= 15 is 0 Å². The summed E-state index contributed by atoms with van der Waals surface area (Å²) in [5, 5.41) is 4.53.